The van der Waals surface area contributed by atoms with Crippen molar-refractivity contribution in [1.82, 2.24) is 4.98 Å². The minimum atomic E-state index is -0.00935. The van der Waals surface area contributed by atoms with Crippen LogP contribution in [0.2, 0.25) is 0 Å². The molecule has 0 radical (unpaired) electrons. The lowest BCUT2D eigenvalue weighted by molar-refractivity contribution is 0.952. The van der Waals surface area contributed by atoms with Crippen molar-refractivity contribution in [3.63, 3.8) is 0 Å². The summed E-state index contributed by atoms with van der Waals surface area (Å²) in [6, 6.07) is 5.80. The van der Waals surface area contributed by atoms with Gasteiger partial charge in [0.05, 0.1) is 5.38 Å². The van der Waals surface area contributed by atoms with Crippen molar-refractivity contribution >= 4 is 11.6 Å². The minimum absolute atomic E-state index is 0.00935. The predicted molar refractivity (Wildman–Crippen MR) is 47.8 cm³/mol. The quantitative estimate of drug-likeness (QED) is 0.498. The van der Waals surface area contributed by atoms with E-state index in [0.717, 1.165) is 12.1 Å². The fourth-order valence-electron chi connectivity index (χ4n) is 0.802. The average Bonchev–Trinajstić information content (AvgIpc) is 2.06. The van der Waals surface area contributed by atoms with Gasteiger partial charge in [-0.1, -0.05) is 12.1 Å². The van der Waals surface area contributed by atoms with Crippen LogP contribution in [0.5, 0.6) is 0 Å². The lowest BCUT2D eigenvalue weighted by Crippen LogP contribution is -1.99. The van der Waals surface area contributed by atoms with Crippen molar-refractivity contribution in [2.45, 2.75) is 11.8 Å². The molecule has 0 aliphatic rings. The standard InChI is InChI=1S/C9H10ClN/c1-2-8(10)7-9-5-3-4-6-11-9/h2-6,8H,1,7H2. The smallest absolute Gasteiger partial charge is 0.0568 e. The average molecular weight is 168 g/mol. The van der Waals surface area contributed by atoms with E-state index in [0.29, 0.717) is 0 Å². The SMILES string of the molecule is C=CC(Cl)Cc1ccccn1. The second-order valence-electron chi connectivity index (χ2n) is 2.28. The van der Waals surface area contributed by atoms with E-state index in [9.17, 15) is 0 Å². The maximum absolute atomic E-state index is 5.84. The Kier molecular flexibility index (Phi) is 3.12. The molecule has 1 rings (SSSR count). The van der Waals surface area contributed by atoms with Crippen LogP contribution in [0.25, 0.3) is 0 Å². The van der Waals surface area contributed by atoms with Gasteiger partial charge in [0.25, 0.3) is 0 Å². The highest BCUT2D eigenvalue weighted by Crippen LogP contribution is 2.05. The topological polar surface area (TPSA) is 12.9 Å². The fourth-order valence-corrected chi connectivity index (χ4v) is 0.960. The molecule has 58 valence electrons. The first-order valence-corrected chi connectivity index (χ1v) is 3.93. The van der Waals surface area contributed by atoms with Crippen molar-refractivity contribution in [2.24, 2.45) is 0 Å². The molecule has 0 saturated carbocycles. The molecule has 0 bridgehead atoms. The molecule has 1 nitrogen and oxygen atoms in total. The molecule has 0 amide bonds. The Bertz CT molecular complexity index is 220. The third-order valence-corrected chi connectivity index (χ3v) is 1.72. The van der Waals surface area contributed by atoms with Crippen molar-refractivity contribution < 1.29 is 0 Å². The summed E-state index contributed by atoms with van der Waals surface area (Å²) in [6.07, 6.45) is 4.24. The van der Waals surface area contributed by atoms with E-state index >= 15 is 0 Å². The predicted octanol–water partition coefficient (Wildman–Crippen LogP) is 2.42. The first kappa shape index (κ1) is 8.28. The zero-order valence-electron chi connectivity index (χ0n) is 6.20. The molecular formula is C9H10ClN. The second kappa shape index (κ2) is 4.14. The number of halogens is 1. The molecule has 11 heavy (non-hydrogen) atoms. The van der Waals surface area contributed by atoms with Crippen LogP contribution in [0.4, 0.5) is 0 Å². The van der Waals surface area contributed by atoms with E-state index in [4.69, 9.17) is 11.6 Å². The lowest BCUT2D eigenvalue weighted by Gasteiger charge is -2.01. The molecule has 0 aromatic carbocycles. The van der Waals surface area contributed by atoms with E-state index < -0.39 is 0 Å². The number of rotatable bonds is 3. The van der Waals surface area contributed by atoms with Gasteiger partial charge in [-0.15, -0.1) is 18.2 Å². The Morgan fingerprint density at radius 1 is 1.64 bits per heavy atom. The highest BCUT2D eigenvalue weighted by atomic mass is 35.5. The van der Waals surface area contributed by atoms with Gasteiger partial charge in [0.1, 0.15) is 0 Å². The molecule has 1 aromatic rings. The summed E-state index contributed by atoms with van der Waals surface area (Å²) in [5.41, 5.74) is 1.01. The van der Waals surface area contributed by atoms with Gasteiger partial charge in [0, 0.05) is 18.3 Å². The zero-order valence-corrected chi connectivity index (χ0v) is 6.96. The van der Waals surface area contributed by atoms with E-state index in [2.05, 4.69) is 11.6 Å². The van der Waals surface area contributed by atoms with Gasteiger partial charge in [0.2, 0.25) is 0 Å². The summed E-state index contributed by atoms with van der Waals surface area (Å²) in [5.74, 6) is 0. The largest absolute Gasteiger partial charge is 0.261 e. The van der Waals surface area contributed by atoms with Gasteiger partial charge in [0.15, 0.2) is 0 Å². The van der Waals surface area contributed by atoms with E-state index in [1.165, 1.54) is 0 Å². The van der Waals surface area contributed by atoms with Crippen LogP contribution in [0.15, 0.2) is 37.1 Å². The molecule has 0 N–H and O–H groups in total. The van der Waals surface area contributed by atoms with Crippen LogP contribution in [-0.4, -0.2) is 10.4 Å². The van der Waals surface area contributed by atoms with Gasteiger partial charge < -0.3 is 0 Å². The molecule has 0 saturated heterocycles. The molecule has 1 unspecified atom stereocenters. The van der Waals surface area contributed by atoms with Crippen LogP contribution in [-0.2, 0) is 6.42 Å². The number of hydrogen-bond acceptors (Lipinski definition) is 1. The van der Waals surface area contributed by atoms with E-state index in [1.807, 2.05) is 18.2 Å². The molecule has 0 aliphatic heterocycles. The maximum atomic E-state index is 5.84. The van der Waals surface area contributed by atoms with Crippen LogP contribution >= 0.6 is 11.6 Å². The van der Waals surface area contributed by atoms with Gasteiger partial charge in [-0.2, -0.15) is 0 Å². The molecule has 1 heterocycles. The Balaban J connectivity index is 2.57. The minimum Gasteiger partial charge on any atom is -0.261 e. The van der Waals surface area contributed by atoms with Crippen LogP contribution in [0, 0.1) is 0 Å². The number of pyridine rings is 1. The van der Waals surface area contributed by atoms with Gasteiger partial charge >= 0.3 is 0 Å². The highest BCUT2D eigenvalue weighted by Gasteiger charge is 1.99. The van der Waals surface area contributed by atoms with Gasteiger partial charge in [-0.3, -0.25) is 4.98 Å². The number of allylic oxidation sites excluding steroid dienone is 1. The monoisotopic (exact) mass is 167 g/mol. The summed E-state index contributed by atoms with van der Waals surface area (Å²) in [7, 11) is 0. The molecule has 0 spiro atoms. The number of aromatic nitrogens is 1. The van der Waals surface area contributed by atoms with Crippen LogP contribution < -0.4 is 0 Å². The Labute approximate surface area is 71.7 Å². The molecule has 1 atom stereocenters. The number of nitrogens with zero attached hydrogens (tertiary/aromatic N) is 1. The van der Waals surface area contributed by atoms with Gasteiger partial charge in [-0.05, 0) is 12.1 Å². The maximum Gasteiger partial charge on any atom is 0.0568 e. The summed E-state index contributed by atoms with van der Waals surface area (Å²) < 4.78 is 0. The molecule has 2 heteroatoms. The summed E-state index contributed by atoms with van der Waals surface area (Å²) >= 11 is 5.84. The van der Waals surface area contributed by atoms with Crippen LogP contribution in [0.1, 0.15) is 5.69 Å². The van der Waals surface area contributed by atoms with Crippen LogP contribution in [0.3, 0.4) is 0 Å². The molecule has 0 aliphatic carbocycles. The van der Waals surface area contributed by atoms with Crippen molar-refractivity contribution in [3.8, 4) is 0 Å². The molecule has 0 fully saturated rings. The second-order valence-corrected chi connectivity index (χ2v) is 2.84. The van der Waals surface area contributed by atoms with E-state index in [1.54, 1.807) is 12.3 Å². The van der Waals surface area contributed by atoms with Crippen molar-refractivity contribution in [1.29, 1.82) is 0 Å². The Morgan fingerprint density at radius 2 is 2.45 bits per heavy atom. The fraction of sp³-hybridized carbons (Fsp3) is 0.222. The van der Waals surface area contributed by atoms with Gasteiger partial charge in [-0.25, -0.2) is 0 Å². The summed E-state index contributed by atoms with van der Waals surface area (Å²) in [6.45, 7) is 3.60. The third kappa shape index (κ3) is 2.72. The normalized spacial score (nSPS) is 12.5. The first-order chi connectivity index (χ1) is 5.33. The summed E-state index contributed by atoms with van der Waals surface area (Å²) in [4.78, 5) is 4.13. The Morgan fingerprint density at radius 3 is 3.00 bits per heavy atom. The lowest BCUT2D eigenvalue weighted by atomic mass is 10.2. The summed E-state index contributed by atoms with van der Waals surface area (Å²) in [5, 5.41) is -0.00935. The first-order valence-electron chi connectivity index (χ1n) is 3.49. The number of alkyl halides is 1. The zero-order chi connectivity index (χ0) is 8.10. The van der Waals surface area contributed by atoms with Crippen molar-refractivity contribution in [2.75, 3.05) is 0 Å². The number of hydrogen-bond donors (Lipinski definition) is 0. The highest BCUT2D eigenvalue weighted by molar-refractivity contribution is 6.21. The molecule has 1 aromatic heterocycles. The molecular weight excluding hydrogens is 158 g/mol. The van der Waals surface area contributed by atoms with E-state index in [-0.39, 0.29) is 5.38 Å². The third-order valence-electron chi connectivity index (χ3n) is 1.39. The van der Waals surface area contributed by atoms with Crippen molar-refractivity contribution in [3.05, 3.63) is 42.7 Å². The Hall–Kier alpha value is -0.820.